The summed E-state index contributed by atoms with van der Waals surface area (Å²) in [5.74, 6) is 1.63. The molecule has 0 aliphatic carbocycles. The highest BCUT2D eigenvalue weighted by Crippen LogP contribution is 2.09. The molecule has 1 atom stereocenters. The number of nitrogens with one attached hydrogen (secondary N) is 1. The van der Waals surface area contributed by atoms with Crippen LogP contribution in [0.3, 0.4) is 0 Å². The second kappa shape index (κ2) is 9.09. The Morgan fingerprint density at radius 3 is 2.95 bits per heavy atom. The van der Waals surface area contributed by atoms with Gasteiger partial charge in [-0.25, -0.2) is 4.98 Å². The van der Waals surface area contributed by atoms with Crippen LogP contribution in [0.25, 0.3) is 0 Å². The van der Waals surface area contributed by atoms with Gasteiger partial charge in [0.2, 0.25) is 5.95 Å². The number of hydrogen-bond acceptors (Lipinski definition) is 4. The molecule has 6 heteroatoms. The fourth-order valence-corrected chi connectivity index (χ4v) is 2.37. The molecule has 0 aliphatic rings. The van der Waals surface area contributed by atoms with Gasteiger partial charge in [0.15, 0.2) is 0 Å². The number of anilines is 1. The van der Waals surface area contributed by atoms with Crippen molar-refractivity contribution in [1.29, 1.82) is 0 Å². The minimum absolute atomic E-state index is 0.715. The SMILES string of the molecule is CCOCCCn1cc(C)nc1NCCCS(C)=O. The third-order valence-electron chi connectivity index (χ3n) is 2.68. The summed E-state index contributed by atoms with van der Waals surface area (Å²) in [6.07, 6.45) is 5.66. The van der Waals surface area contributed by atoms with E-state index < -0.39 is 10.8 Å². The monoisotopic (exact) mass is 287 g/mol. The molecule has 5 nitrogen and oxygen atoms in total. The smallest absolute Gasteiger partial charge is 0.203 e. The van der Waals surface area contributed by atoms with E-state index >= 15 is 0 Å². The van der Waals surface area contributed by atoms with E-state index in [0.29, 0.717) is 0 Å². The average molecular weight is 287 g/mol. The first kappa shape index (κ1) is 16.2. The normalized spacial score (nSPS) is 12.6. The molecule has 1 rings (SSSR count). The summed E-state index contributed by atoms with van der Waals surface area (Å²) in [6, 6.07) is 0. The van der Waals surface area contributed by atoms with Crippen molar-refractivity contribution in [3.63, 3.8) is 0 Å². The van der Waals surface area contributed by atoms with E-state index in [9.17, 15) is 4.21 Å². The maximum Gasteiger partial charge on any atom is 0.203 e. The van der Waals surface area contributed by atoms with Crippen LogP contribution in [0, 0.1) is 6.92 Å². The second-order valence-electron chi connectivity index (χ2n) is 4.51. The number of aromatic nitrogens is 2. The third kappa shape index (κ3) is 6.73. The summed E-state index contributed by atoms with van der Waals surface area (Å²) in [7, 11) is -0.715. The molecule has 1 heterocycles. The largest absolute Gasteiger partial charge is 0.382 e. The van der Waals surface area contributed by atoms with Gasteiger partial charge in [0.05, 0.1) is 5.69 Å². The molecule has 0 aliphatic heterocycles. The zero-order valence-corrected chi connectivity index (χ0v) is 13.0. The zero-order valence-electron chi connectivity index (χ0n) is 12.1. The van der Waals surface area contributed by atoms with Crippen LogP contribution in [0.4, 0.5) is 5.95 Å². The van der Waals surface area contributed by atoms with Crippen molar-refractivity contribution in [1.82, 2.24) is 9.55 Å². The molecule has 1 N–H and O–H groups in total. The number of rotatable bonds is 10. The first-order valence-corrected chi connectivity index (χ1v) is 8.51. The predicted octanol–water partition coefficient (Wildman–Crippen LogP) is 1.80. The van der Waals surface area contributed by atoms with Crippen LogP contribution in [-0.2, 0) is 22.1 Å². The lowest BCUT2D eigenvalue weighted by Crippen LogP contribution is -2.11. The van der Waals surface area contributed by atoms with Crippen LogP contribution in [-0.4, -0.2) is 45.5 Å². The number of hydrogen-bond donors (Lipinski definition) is 1. The molecule has 110 valence electrons. The maximum absolute atomic E-state index is 11.0. The highest BCUT2D eigenvalue weighted by molar-refractivity contribution is 7.84. The van der Waals surface area contributed by atoms with E-state index in [1.165, 1.54) is 0 Å². The van der Waals surface area contributed by atoms with E-state index in [4.69, 9.17) is 4.74 Å². The predicted molar refractivity (Wildman–Crippen MR) is 80.1 cm³/mol. The van der Waals surface area contributed by atoms with Crippen molar-refractivity contribution in [3.05, 3.63) is 11.9 Å². The average Bonchev–Trinajstić information content (AvgIpc) is 2.71. The third-order valence-corrected chi connectivity index (χ3v) is 3.54. The zero-order chi connectivity index (χ0) is 14.1. The van der Waals surface area contributed by atoms with Crippen molar-refractivity contribution in [2.24, 2.45) is 0 Å². The second-order valence-corrected chi connectivity index (χ2v) is 6.06. The van der Waals surface area contributed by atoms with E-state index in [1.54, 1.807) is 6.26 Å². The molecular weight excluding hydrogens is 262 g/mol. The van der Waals surface area contributed by atoms with Gasteiger partial charge in [-0.15, -0.1) is 0 Å². The number of imidazole rings is 1. The molecule has 1 aromatic heterocycles. The summed E-state index contributed by atoms with van der Waals surface area (Å²) in [5, 5.41) is 3.31. The van der Waals surface area contributed by atoms with Crippen LogP contribution in [0.2, 0.25) is 0 Å². The standard InChI is InChI=1S/C13H25N3O2S/c1-4-18-9-6-8-16-11-12(2)15-13(16)14-7-5-10-19(3)17/h11H,4-10H2,1-3H3,(H,14,15). The van der Waals surface area contributed by atoms with Crippen molar-refractivity contribution in [3.8, 4) is 0 Å². The quantitative estimate of drug-likeness (QED) is 0.667. The minimum atomic E-state index is -0.715. The Labute approximate surface area is 118 Å². The molecule has 19 heavy (non-hydrogen) atoms. The van der Waals surface area contributed by atoms with Crippen molar-refractivity contribution in [2.75, 3.05) is 37.1 Å². The van der Waals surface area contributed by atoms with Crippen molar-refractivity contribution < 1.29 is 8.95 Å². The lowest BCUT2D eigenvalue weighted by atomic mass is 10.4. The highest BCUT2D eigenvalue weighted by Gasteiger charge is 2.04. The molecule has 1 unspecified atom stereocenters. The Balaban J connectivity index is 2.37. The summed E-state index contributed by atoms with van der Waals surface area (Å²) >= 11 is 0. The number of nitrogens with zero attached hydrogens (tertiary/aromatic N) is 2. The first-order valence-electron chi connectivity index (χ1n) is 6.79. The van der Waals surface area contributed by atoms with Gasteiger partial charge in [0.1, 0.15) is 0 Å². The lowest BCUT2D eigenvalue weighted by Gasteiger charge is -2.09. The van der Waals surface area contributed by atoms with Crippen LogP contribution in [0.15, 0.2) is 6.20 Å². The van der Waals surface area contributed by atoms with Gasteiger partial charge in [-0.2, -0.15) is 0 Å². The fourth-order valence-electron chi connectivity index (χ4n) is 1.82. The van der Waals surface area contributed by atoms with E-state index in [0.717, 1.165) is 56.5 Å². The molecule has 0 spiro atoms. The summed E-state index contributed by atoms with van der Waals surface area (Å²) in [6.45, 7) is 7.26. The lowest BCUT2D eigenvalue weighted by molar-refractivity contribution is 0.142. The first-order chi connectivity index (χ1) is 9.13. The molecule has 0 amide bonds. The van der Waals surface area contributed by atoms with Crippen LogP contribution in [0.1, 0.15) is 25.5 Å². The van der Waals surface area contributed by atoms with Crippen LogP contribution < -0.4 is 5.32 Å². The maximum atomic E-state index is 11.0. The highest BCUT2D eigenvalue weighted by atomic mass is 32.2. The van der Waals surface area contributed by atoms with Gasteiger partial charge in [0, 0.05) is 55.3 Å². The molecule has 1 aromatic rings. The van der Waals surface area contributed by atoms with Crippen LogP contribution >= 0.6 is 0 Å². The van der Waals surface area contributed by atoms with Crippen molar-refractivity contribution >= 4 is 16.7 Å². The Morgan fingerprint density at radius 1 is 1.47 bits per heavy atom. The minimum Gasteiger partial charge on any atom is -0.382 e. The van der Waals surface area contributed by atoms with Gasteiger partial charge in [-0.1, -0.05) is 0 Å². The van der Waals surface area contributed by atoms with E-state index in [1.807, 2.05) is 20.0 Å². The molecule has 0 fully saturated rings. The summed E-state index contributed by atoms with van der Waals surface area (Å²) in [4.78, 5) is 4.46. The van der Waals surface area contributed by atoms with Crippen molar-refractivity contribution in [2.45, 2.75) is 33.2 Å². The summed E-state index contributed by atoms with van der Waals surface area (Å²) in [5.41, 5.74) is 1.01. The number of aryl methyl sites for hydroxylation is 2. The van der Waals surface area contributed by atoms with E-state index in [-0.39, 0.29) is 0 Å². The number of ether oxygens (including phenoxy) is 1. The topological polar surface area (TPSA) is 56.1 Å². The molecule has 0 bridgehead atoms. The van der Waals surface area contributed by atoms with Gasteiger partial charge in [-0.3, -0.25) is 4.21 Å². The molecule has 0 aromatic carbocycles. The van der Waals surface area contributed by atoms with Gasteiger partial charge in [0.25, 0.3) is 0 Å². The Morgan fingerprint density at radius 2 is 2.26 bits per heavy atom. The Kier molecular flexibility index (Phi) is 7.74. The molecule has 0 saturated carbocycles. The summed E-state index contributed by atoms with van der Waals surface area (Å²) < 4.78 is 18.4. The fraction of sp³-hybridized carbons (Fsp3) is 0.769. The van der Waals surface area contributed by atoms with E-state index in [2.05, 4.69) is 14.9 Å². The molecule has 0 saturated heterocycles. The Bertz CT molecular complexity index is 393. The van der Waals surface area contributed by atoms with Crippen LogP contribution in [0.5, 0.6) is 0 Å². The molecule has 0 radical (unpaired) electrons. The van der Waals surface area contributed by atoms with Gasteiger partial charge < -0.3 is 14.6 Å². The Hall–Kier alpha value is -0.880. The van der Waals surface area contributed by atoms with Gasteiger partial charge in [-0.05, 0) is 26.7 Å². The molecular formula is C13H25N3O2S. The van der Waals surface area contributed by atoms with Gasteiger partial charge >= 0.3 is 0 Å².